The molecule has 1 unspecified atom stereocenters. The van der Waals surface area contributed by atoms with Crippen molar-refractivity contribution < 1.29 is 23.4 Å². The lowest BCUT2D eigenvalue weighted by atomic mass is 9.98. The summed E-state index contributed by atoms with van der Waals surface area (Å²) in [6.45, 7) is 16.1. The van der Waals surface area contributed by atoms with Crippen LogP contribution in [-0.2, 0) is 4.74 Å². The molecule has 0 saturated carbocycles. The molecule has 2 aromatic rings. The quantitative estimate of drug-likeness (QED) is 0.184. The molecule has 2 aromatic carbocycles. The van der Waals surface area contributed by atoms with Gasteiger partial charge in [0.25, 0.3) is 8.32 Å². The van der Waals surface area contributed by atoms with Gasteiger partial charge in [-0.1, -0.05) is 53.7 Å². The molecule has 34 heavy (non-hydrogen) atoms. The Morgan fingerprint density at radius 3 is 1.97 bits per heavy atom. The van der Waals surface area contributed by atoms with Gasteiger partial charge in [0.15, 0.2) is 24.1 Å². The minimum atomic E-state index is -2.06. The van der Waals surface area contributed by atoms with E-state index in [0.29, 0.717) is 52.2 Å². The minimum absolute atomic E-state index is 0.433. The number of aldehydes is 1. The average molecular weight is 485 g/mol. The van der Waals surface area contributed by atoms with E-state index in [1.807, 2.05) is 39.0 Å². The number of methoxy groups -OCH3 is 1. The summed E-state index contributed by atoms with van der Waals surface area (Å²) in [4.78, 5) is 12.0. The molecule has 0 spiro atoms. The molecule has 5 nitrogen and oxygen atoms in total. The largest absolute Gasteiger partial charge is 0.543 e. The minimum Gasteiger partial charge on any atom is -0.543 e. The van der Waals surface area contributed by atoms with Gasteiger partial charge in [-0.25, -0.2) is 0 Å². The Labute approximate surface area is 207 Å². The third-order valence-electron chi connectivity index (χ3n) is 6.58. The zero-order chi connectivity index (χ0) is 25.5. The highest BCUT2D eigenvalue weighted by atomic mass is 28.4. The van der Waals surface area contributed by atoms with E-state index in [-0.39, 0.29) is 0 Å². The Bertz CT molecular complexity index is 906. The van der Waals surface area contributed by atoms with Gasteiger partial charge in [-0.2, -0.15) is 0 Å². The van der Waals surface area contributed by atoms with Crippen LogP contribution in [0.2, 0.25) is 22.9 Å². The van der Waals surface area contributed by atoms with Crippen molar-refractivity contribution in [2.75, 3.05) is 13.7 Å². The van der Waals surface area contributed by atoms with Gasteiger partial charge >= 0.3 is 0 Å². The Morgan fingerprint density at radius 2 is 1.53 bits per heavy atom. The van der Waals surface area contributed by atoms with Crippen molar-refractivity contribution in [1.82, 2.24) is 0 Å². The smallest absolute Gasteiger partial charge is 0.258 e. The summed E-state index contributed by atoms with van der Waals surface area (Å²) in [7, 11) is 1.53. The van der Waals surface area contributed by atoms with Crippen molar-refractivity contribution in [3.63, 3.8) is 0 Å². The number of hydrogen-bond donors (Lipinski definition) is 0. The monoisotopic (exact) mass is 484 g/mol. The topological polar surface area (TPSA) is 54.0 Å². The molecule has 1 atom stereocenters. The SMILES string of the molecule is BCC(OCC)Oc1c(OC)ccc(C=O)c1-c1ccc(O[Si](C(C)C)(C(C)C)C(C)C)cc1. The molecule has 186 valence electrons. The molecule has 0 bridgehead atoms. The van der Waals surface area contributed by atoms with E-state index in [1.165, 1.54) is 0 Å². The summed E-state index contributed by atoms with van der Waals surface area (Å²) in [6.07, 6.45) is 1.08. The van der Waals surface area contributed by atoms with Crippen LogP contribution in [0.1, 0.15) is 58.8 Å². The number of hydrogen-bond acceptors (Lipinski definition) is 5. The third kappa shape index (κ3) is 5.87. The molecule has 0 amide bonds. The Kier molecular flexibility index (Phi) is 10.3. The van der Waals surface area contributed by atoms with E-state index in [9.17, 15) is 4.79 Å². The number of carbonyl (C=O) groups is 1. The molecule has 2 rings (SSSR count). The van der Waals surface area contributed by atoms with Crippen LogP contribution >= 0.6 is 0 Å². The van der Waals surface area contributed by atoms with E-state index in [1.54, 1.807) is 19.2 Å². The second kappa shape index (κ2) is 12.5. The normalized spacial score (nSPS) is 12.8. The highest BCUT2D eigenvalue weighted by Gasteiger charge is 2.47. The lowest BCUT2D eigenvalue weighted by Crippen LogP contribution is -2.50. The molecule has 0 saturated heterocycles. The maximum Gasteiger partial charge on any atom is 0.258 e. The van der Waals surface area contributed by atoms with Crippen molar-refractivity contribution in [3.05, 3.63) is 42.0 Å². The number of ether oxygens (including phenoxy) is 3. The first-order chi connectivity index (χ1) is 16.2. The summed E-state index contributed by atoms with van der Waals surface area (Å²) in [5, 5.41) is 0. The second-order valence-corrected chi connectivity index (χ2v) is 14.9. The number of benzene rings is 2. The first kappa shape index (κ1) is 28.0. The van der Waals surface area contributed by atoms with E-state index in [4.69, 9.17) is 18.6 Å². The van der Waals surface area contributed by atoms with Crippen molar-refractivity contribution >= 4 is 22.4 Å². The van der Waals surface area contributed by atoms with Gasteiger partial charge in [0, 0.05) is 17.7 Å². The first-order valence-electron chi connectivity index (χ1n) is 12.4. The average Bonchev–Trinajstić information content (AvgIpc) is 2.81. The molecular weight excluding hydrogens is 443 g/mol. The molecule has 0 aliphatic rings. The summed E-state index contributed by atoms with van der Waals surface area (Å²) >= 11 is 0. The van der Waals surface area contributed by atoms with Crippen LogP contribution in [0.4, 0.5) is 0 Å². The zero-order valence-electron chi connectivity index (χ0n) is 22.3. The van der Waals surface area contributed by atoms with Crippen LogP contribution in [0.25, 0.3) is 11.1 Å². The highest BCUT2D eigenvalue weighted by molar-refractivity contribution is 6.78. The highest BCUT2D eigenvalue weighted by Crippen LogP contribution is 2.44. The van der Waals surface area contributed by atoms with Gasteiger partial charge in [-0.15, -0.1) is 0 Å². The zero-order valence-corrected chi connectivity index (χ0v) is 23.3. The van der Waals surface area contributed by atoms with E-state index in [2.05, 4.69) is 41.5 Å². The fourth-order valence-corrected chi connectivity index (χ4v) is 10.3. The van der Waals surface area contributed by atoms with E-state index >= 15 is 0 Å². The lowest BCUT2D eigenvalue weighted by Gasteiger charge is -2.42. The predicted octanol–water partition coefficient (Wildman–Crippen LogP) is 6.52. The van der Waals surface area contributed by atoms with Gasteiger partial charge in [0.05, 0.1) is 7.11 Å². The van der Waals surface area contributed by atoms with Gasteiger partial charge in [0.1, 0.15) is 13.6 Å². The van der Waals surface area contributed by atoms with Crippen LogP contribution in [0.5, 0.6) is 17.2 Å². The van der Waals surface area contributed by atoms with Crippen molar-refractivity contribution in [2.45, 2.75) is 77.7 Å². The lowest BCUT2D eigenvalue weighted by molar-refractivity contribution is -0.0614. The number of carbonyl (C=O) groups excluding carboxylic acids is 1. The fraction of sp³-hybridized carbons (Fsp3) is 0.519. The predicted molar refractivity (Wildman–Crippen MR) is 145 cm³/mol. The molecule has 7 heteroatoms. The molecule has 0 aromatic heterocycles. The summed E-state index contributed by atoms with van der Waals surface area (Å²) in [5.74, 6) is 1.94. The maximum atomic E-state index is 12.0. The van der Waals surface area contributed by atoms with Crippen LogP contribution in [-0.4, -0.2) is 42.5 Å². The molecule has 0 heterocycles. The Hall–Kier alpha value is -2.25. The molecule has 0 aliphatic carbocycles. The summed E-state index contributed by atoms with van der Waals surface area (Å²) < 4.78 is 24.3. The Balaban J connectivity index is 2.55. The number of rotatable bonds is 13. The van der Waals surface area contributed by atoms with Crippen LogP contribution in [0, 0.1) is 0 Å². The Morgan fingerprint density at radius 1 is 0.941 bits per heavy atom. The summed E-state index contributed by atoms with van der Waals surface area (Å²) in [6, 6.07) is 11.5. The molecule has 0 aliphatic heterocycles. The fourth-order valence-electron chi connectivity index (χ4n) is 5.05. The standard InChI is InChI=1S/C27H41BO5Si/c1-9-31-25(16-28)32-27-24(30-8)15-12-22(17-29)26(27)21-10-13-23(14-11-21)33-34(18(2)3,19(4)5)20(6)7/h10-15,17-20,25H,9,16,28H2,1-8H3. The first-order valence-corrected chi connectivity index (χ1v) is 14.5. The van der Waals surface area contributed by atoms with Gasteiger partial charge < -0.3 is 18.6 Å². The maximum absolute atomic E-state index is 12.0. The molecule has 0 radical (unpaired) electrons. The van der Waals surface area contributed by atoms with Crippen molar-refractivity contribution in [2.24, 2.45) is 0 Å². The summed E-state index contributed by atoms with van der Waals surface area (Å²) in [5.41, 5.74) is 3.54. The van der Waals surface area contributed by atoms with E-state index < -0.39 is 14.6 Å². The van der Waals surface area contributed by atoms with Gasteiger partial charge in [0.2, 0.25) is 0 Å². The molecule has 0 fully saturated rings. The van der Waals surface area contributed by atoms with Crippen LogP contribution in [0.15, 0.2) is 36.4 Å². The van der Waals surface area contributed by atoms with E-state index in [0.717, 1.165) is 17.6 Å². The molecular formula is C27H41BO5Si. The molecule has 0 N–H and O–H groups in total. The van der Waals surface area contributed by atoms with Gasteiger partial charge in [-0.3, -0.25) is 4.79 Å². The van der Waals surface area contributed by atoms with Crippen molar-refractivity contribution in [1.29, 1.82) is 0 Å². The second-order valence-electron chi connectivity index (χ2n) is 9.53. The van der Waals surface area contributed by atoms with Crippen LogP contribution < -0.4 is 13.9 Å². The van der Waals surface area contributed by atoms with Crippen molar-refractivity contribution in [3.8, 4) is 28.4 Å². The van der Waals surface area contributed by atoms with Gasteiger partial charge in [-0.05, 0) is 59.7 Å². The third-order valence-corrected chi connectivity index (χ3v) is 12.6. The van der Waals surface area contributed by atoms with Crippen LogP contribution in [0.3, 0.4) is 0 Å².